The Morgan fingerprint density at radius 3 is 2.48 bits per heavy atom. The molecule has 0 aromatic rings. The third kappa shape index (κ3) is 5.37. The van der Waals surface area contributed by atoms with E-state index in [1.165, 1.54) is 31.8 Å². The van der Waals surface area contributed by atoms with Crippen molar-refractivity contribution < 1.29 is 39.9 Å². The van der Waals surface area contributed by atoms with Crippen molar-refractivity contribution in [3.8, 4) is 0 Å². The van der Waals surface area contributed by atoms with Crippen LogP contribution in [0.3, 0.4) is 0 Å². The van der Waals surface area contributed by atoms with E-state index in [9.17, 15) is 35.1 Å². The van der Waals surface area contributed by atoms with Gasteiger partial charge in [-0.05, 0) is 111 Å². The summed E-state index contributed by atoms with van der Waals surface area (Å²) in [5.41, 5.74) is -7.02. The smallest absolute Gasteiger partial charge is 0.331 e. The second-order valence-electron chi connectivity index (χ2n) is 20.5. The summed E-state index contributed by atoms with van der Waals surface area (Å²) in [6.07, 6.45) is 15.3. The lowest BCUT2D eigenvalue weighted by Gasteiger charge is -2.72. The van der Waals surface area contributed by atoms with Crippen LogP contribution in [0.2, 0.25) is 0 Å². The Morgan fingerprint density at radius 2 is 1.79 bits per heavy atom. The van der Waals surface area contributed by atoms with Crippen LogP contribution in [0.5, 0.6) is 0 Å². The van der Waals surface area contributed by atoms with E-state index < -0.39 is 74.9 Å². The molecule has 8 aliphatic rings. The van der Waals surface area contributed by atoms with Crippen molar-refractivity contribution in [1.29, 1.82) is 0 Å². The Kier molecular flexibility index (Phi) is 10.9. The van der Waals surface area contributed by atoms with Crippen LogP contribution in [-0.2, 0) is 14.3 Å². The molecule has 6 fully saturated rings. The van der Waals surface area contributed by atoms with Gasteiger partial charge in [-0.15, -0.1) is 0 Å². The Labute approximate surface area is 334 Å². The Hall–Kier alpha value is -1.66. The number of allylic oxidation sites excluding steroid dienone is 1. The summed E-state index contributed by atoms with van der Waals surface area (Å²) < 4.78 is 5.97. The third-order valence-electron chi connectivity index (χ3n) is 18.8. The first-order valence-corrected chi connectivity index (χ1v) is 22.7. The number of carbonyl (C=O) groups excluding carboxylic acids is 2. The van der Waals surface area contributed by atoms with Crippen molar-refractivity contribution in [1.82, 2.24) is 10.6 Å². The summed E-state index contributed by atoms with van der Waals surface area (Å²) in [5, 5.41) is 72.1. The number of hydrogen-bond donors (Lipinski definition) is 7. The molecule has 1 heterocycles. The number of aliphatic hydroxyl groups is 5. The van der Waals surface area contributed by atoms with E-state index >= 15 is 0 Å². The van der Waals surface area contributed by atoms with E-state index in [1.54, 1.807) is 0 Å². The van der Waals surface area contributed by atoms with Gasteiger partial charge in [0.25, 0.3) is 0 Å². The van der Waals surface area contributed by atoms with Gasteiger partial charge in [0.15, 0.2) is 0 Å². The fourth-order valence-electron chi connectivity index (χ4n) is 16.0. The van der Waals surface area contributed by atoms with Crippen molar-refractivity contribution in [3.05, 3.63) is 23.3 Å². The molecule has 0 aromatic heterocycles. The minimum atomic E-state index is -1.78. The molecule has 15 unspecified atom stereocenters. The van der Waals surface area contributed by atoms with Crippen molar-refractivity contribution in [2.75, 3.05) is 33.3 Å². The van der Waals surface area contributed by atoms with Crippen LogP contribution >= 0.6 is 0 Å². The zero-order chi connectivity index (χ0) is 39.9. The van der Waals surface area contributed by atoms with Crippen molar-refractivity contribution in [3.63, 3.8) is 0 Å². The molecule has 314 valence electrons. The summed E-state index contributed by atoms with van der Waals surface area (Å²) in [7, 11) is 1.89. The molecule has 56 heavy (non-hydrogen) atoms. The number of hydrogen-bond acceptors (Lipinski definition) is 10. The maximum atomic E-state index is 14.3. The molecule has 0 bridgehead atoms. The van der Waals surface area contributed by atoms with Crippen LogP contribution < -0.4 is 10.6 Å². The van der Waals surface area contributed by atoms with Crippen LogP contribution in [0.15, 0.2) is 23.3 Å². The minimum Gasteiger partial charge on any atom is -0.450 e. The van der Waals surface area contributed by atoms with Crippen molar-refractivity contribution in [2.24, 2.45) is 63.6 Å². The molecule has 0 saturated heterocycles. The first-order chi connectivity index (χ1) is 26.8. The molecular weight excluding hydrogens is 709 g/mol. The van der Waals surface area contributed by atoms with Gasteiger partial charge in [-0.1, -0.05) is 71.8 Å². The fourth-order valence-corrected chi connectivity index (χ4v) is 16.0. The van der Waals surface area contributed by atoms with Gasteiger partial charge in [0, 0.05) is 48.4 Å². The molecule has 6 saturated carbocycles. The van der Waals surface area contributed by atoms with Crippen LogP contribution in [0.4, 0.5) is 0 Å². The molecule has 7 aliphatic carbocycles. The van der Waals surface area contributed by atoms with Gasteiger partial charge < -0.3 is 45.7 Å². The summed E-state index contributed by atoms with van der Waals surface area (Å²) in [5.74, 6) is -1.52. The Morgan fingerprint density at radius 1 is 1.02 bits per heavy atom. The molecule has 0 spiro atoms. The number of rotatable bonds is 13. The van der Waals surface area contributed by atoms with Gasteiger partial charge in [-0.3, -0.25) is 0 Å². The summed E-state index contributed by atoms with van der Waals surface area (Å²) in [4.78, 5) is 27.5. The lowest BCUT2D eigenvalue weighted by molar-refractivity contribution is -0.350. The number of aliphatic hydroxyl groups excluding tert-OH is 2. The Balaban J connectivity index is 1.25. The van der Waals surface area contributed by atoms with E-state index in [2.05, 4.69) is 30.6 Å². The average Bonchev–Trinajstić information content (AvgIpc) is 3.88. The van der Waals surface area contributed by atoms with Crippen LogP contribution in [0.25, 0.3) is 0 Å². The molecule has 0 radical (unpaired) electrons. The number of ether oxygens (including phenoxy) is 1. The Bertz CT molecular complexity index is 1580. The zero-order valence-electron chi connectivity index (χ0n) is 34.6. The lowest BCUT2D eigenvalue weighted by atomic mass is 9.34. The third-order valence-corrected chi connectivity index (χ3v) is 18.8. The second kappa shape index (κ2) is 14.8. The maximum absolute atomic E-state index is 14.3. The van der Waals surface area contributed by atoms with Gasteiger partial charge >= 0.3 is 5.97 Å². The predicted octanol–water partition coefficient (Wildman–Crippen LogP) is 4.60. The van der Waals surface area contributed by atoms with Crippen LogP contribution in [0, 0.1) is 63.6 Å². The highest BCUT2D eigenvalue weighted by Gasteiger charge is 2.85. The molecule has 0 amide bonds. The highest BCUT2D eigenvalue weighted by molar-refractivity contribution is 5.87. The molecule has 10 nitrogen and oxygen atoms in total. The minimum absolute atomic E-state index is 0.127. The first kappa shape index (κ1) is 41.1. The summed E-state index contributed by atoms with van der Waals surface area (Å²) in [6, 6.07) is 0. The topological polar surface area (TPSA) is 169 Å². The standard InChI is InChI=1S/C46H72N2O8/c1-5-6-7-12-31-22-42(26-49)37-15-16-41(3)43(27-50)33(20-32(25-48-18-17-47-4)40-36(43)21-38(51)56-40)24-45(41,54)44(37,53)23-34-19-30(28(2)29-10-8-9-11-29)13-14-35(39(31)52)46(34,42)55/h20-21,26,28-31,33-35,37,39-40,47-48,50,52-55H,5-19,22-25,27H2,1-4H3. The highest BCUT2D eigenvalue weighted by Crippen LogP contribution is 2.79. The van der Waals surface area contributed by atoms with E-state index in [-0.39, 0.29) is 31.3 Å². The first-order valence-electron chi connectivity index (χ1n) is 22.7. The molecule has 1 aliphatic heterocycles. The fraction of sp³-hybridized carbons (Fsp3) is 0.870. The maximum Gasteiger partial charge on any atom is 0.331 e. The molecule has 0 aromatic carbocycles. The van der Waals surface area contributed by atoms with Crippen molar-refractivity contribution >= 4 is 12.3 Å². The monoisotopic (exact) mass is 781 g/mol. The van der Waals surface area contributed by atoms with E-state index in [1.807, 2.05) is 14.0 Å². The molecular formula is C46H72N2O8. The lowest BCUT2D eigenvalue weighted by Crippen LogP contribution is -2.81. The van der Waals surface area contributed by atoms with E-state index in [0.29, 0.717) is 62.6 Å². The quantitative estimate of drug-likeness (QED) is 0.0608. The van der Waals surface area contributed by atoms with Gasteiger partial charge in [0.2, 0.25) is 0 Å². The number of likely N-dealkylation sites (N-methyl/N-ethyl adjacent to an activating group) is 1. The number of aldehydes is 1. The largest absolute Gasteiger partial charge is 0.450 e. The molecule has 8 rings (SSSR count). The van der Waals surface area contributed by atoms with E-state index in [4.69, 9.17) is 4.74 Å². The number of esters is 1. The SMILES string of the molecule is CCCCCC1CC2(C=O)C3CCC4(C)C5(CO)C6=CC(=O)OC6C(CNCCNC)=CC5CC4(O)C3(O)CC3CC(C(C)C4CCCC4)CCC(C1O)C32O. The normalized spacial score (nSPS) is 48.7. The molecule has 10 heteroatoms. The zero-order valence-corrected chi connectivity index (χ0v) is 34.6. The second-order valence-corrected chi connectivity index (χ2v) is 20.5. The summed E-state index contributed by atoms with van der Waals surface area (Å²) in [6.45, 7) is 8.14. The van der Waals surface area contributed by atoms with E-state index in [0.717, 1.165) is 50.5 Å². The van der Waals surface area contributed by atoms with Gasteiger partial charge in [0.05, 0.1) is 29.3 Å². The van der Waals surface area contributed by atoms with Gasteiger partial charge in [-0.25, -0.2) is 4.79 Å². The van der Waals surface area contributed by atoms with Gasteiger partial charge in [-0.2, -0.15) is 0 Å². The highest BCUT2D eigenvalue weighted by atomic mass is 16.5. The van der Waals surface area contributed by atoms with Crippen molar-refractivity contribution in [2.45, 2.75) is 153 Å². The average molecular weight is 781 g/mol. The predicted molar refractivity (Wildman–Crippen MR) is 213 cm³/mol. The number of nitrogens with one attached hydrogen (secondary N) is 2. The molecule has 7 N–H and O–H groups in total. The summed E-state index contributed by atoms with van der Waals surface area (Å²) >= 11 is 0. The molecule has 15 atom stereocenters. The van der Waals surface area contributed by atoms with Crippen LogP contribution in [0.1, 0.15) is 124 Å². The van der Waals surface area contributed by atoms with Crippen LogP contribution in [-0.4, -0.2) is 100 Å². The number of fused-ring (bicyclic) bond motifs is 8. The van der Waals surface area contributed by atoms with Gasteiger partial charge in [0.1, 0.15) is 18.0 Å². The number of unbranched alkanes of at least 4 members (excludes halogenated alkanes) is 2. The number of carbonyl (C=O) groups is 2.